The maximum Gasteiger partial charge on any atom is 0.323 e. The molecule has 0 aromatic heterocycles. The van der Waals surface area contributed by atoms with Gasteiger partial charge in [0.15, 0.2) is 0 Å². The number of urea groups is 1. The van der Waals surface area contributed by atoms with Crippen LogP contribution in [0.4, 0.5) is 16.2 Å². The first kappa shape index (κ1) is 19.1. The van der Waals surface area contributed by atoms with Crippen molar-refractivity contribution < 1.29 is 9.90 Å². The second-order valence-corrected chi connectivity index (χ2v) is 7.54. The number of phenolic OH excluding ortho intramolecular Hbond substituents is 1. The maximum atomic E-state index is 12.3. The molecule has 0 aliphatic carbocycles. The monoisotopic (exact) mass is 380 g/mol. The zero-order chi connectivity index (χ0) is 19.1. The summed E-state index contributed by atoms with van der Waals surface area (Å²) in [7, 11) is 0. The standard InChI is InChI=1S/C22H24N2O2S/c1-2-3-4-14-27-19-11-8-17(9-12-19)23-22(26)24-21-7-5-6-16-15-18(25)10-13-20(16)21/h5-13,15,25H,2-4,14H2,1H3,(H2,23,24,26). The Labute approximate surface area is 164 Å². The van der Waals surface area contributed by atoms with E-state index in [0.29, 0.717) is 5.69 Å². The van der Waals surface area contributed by atoms with Gasteiger partial charge in [0, 0.05) is 16.0 Å². The molecule has 4 nitrogen and oxygen atoms in total. The van der Waals surface area contributed by atoms with Crippen LogP contribution in [0, 0.1) is 0 Å². The van der Waals surface area contributed by atoms with Crippen LogP contribution in [-0.2, 0) is 0 Å². The molecule has 3 aromatic rings. The zero-order valence-electron chi connectivity index (χ0n) is 15.4. The highest BCUT2D eigenvalue weighted by Crippen LogP contribution is 2.27. The number of hydrogen-bond acceptors (Lipinski definition) is 3. The van der Waals surface area contributed by atoms with Gasteiger partial charge in [-0.3, -0.25) is 0 Å². The molecule has 2 amide bonds. The average Bonchev–Trinajstić information content (AvgIpc) is 2.66. The number of carbonyl (C=O) groups excluding carboxylic acids is 1. The lowest BCUT2D eigenvalue weighted by Crippen LogP contribution is -2.19. The summed E-state index contributed by atoms with van der Waals surface area (Å²) in [5.74, 6) is 1.33. The van der Waals surface area contributed by atoms with Crippen LogP contribution in [0.1, 0.15) is 26.2 Å². The van der Waals surface area contributed by atoms with Gasteiger partial charge in [-0.15, -0.1) is 11.8 Å². The van der Waals surface area contributed by atoms with Crippen LogP contribution in [0.3, 0.4) is 0 Å². The van der Waals surface area contributed by atoms with E-state index in [2.05, 4.69) is 17.6 Å². The van der Waals surface area contributed by atoms with Crippen molar-refractivity contribution in [3.63, 3.8) is 0 Å². The summed E-state index contributed by atoms with van der Waals surface area (Å²) < 4.78 is 0. The summed E-state index contributed by atoms with van der Waals surface area (Å²) in [5, 5.41) is 17.1. The smallest absolute Gasteiger partial charge is 0.323 e. The van der Waals surface area contributed by atoms with E-state index in [1.807, 2.05) is 54.2 Å². The Kier molecular flexibility index (Phi) is 6.60. The van der Waals surface area contributed by atoms with Gasteiger partial charge in [0.1, 0.15) is 5.75 Å². The minimum Gasteiger partial charge on any atom is -0.508 e. The molecule has 3 aromatic carbocycles. The number of amides is 2. The number of benzene rings is 3. The Bertz CT molecular complexity index is 910. The van der Waals surface area contributed by atoms with E-state index in [0.717, 1.165) is 22.2 Å². The van der Waals surface area contributed by atoms with Crippen molar-refractivity contribution in [3.05, 3.63) is 60.7 Å². The lowest BCUT2D eigenvalue weighted by molar-refractivity contribution is 0.262. The number of phenols is 1. The molecular weight excluding hydrogens is 356 g/mol. The molecule has 0 spiro atoms. The van der Waals surface area contributed by atoms with Gasteiger partial charge < -0.3 is 15.7 Å². The summed E-state index contributed by atoms with van der Waals surface area (Å²) in [5.41, 5.74) is 1.45. The molecule has 0 saturated carbocycles. The van der Waals surface area contributed by atoms with Crippen molar-refractivity contribution >= 4 is 39.9 Å². The highest BCUT2D eigenvalue weighted by molar-refractivity contribution is 7.99. The zero-order valence-corrected chi connectivity index (χ0v) is 16.2. The van der Waals surface area contributed by atoms with E-state index >= 15 is 0 Å². The quantitative estimate of drug-likeness (QED) is 0.325. The molecule has 0 heterocycles. The molecule has 3 N–H and O–H groups in total. The third-order valence-corrected chi connectivity index (χ3v) is 5.34. The molecule has 27 heavy (non-hydrogen) atoms. The Hall–Kier alpha value is -2.66. The topological polar surface area (TPSA) is 61.4 Å². The van der Waals surface area contributed by atoms with Crippen molar-refractivity contribution in [1.82, 2.24) is 0 Å². The Balaban J connectivity index is 1.59. The van der Waals surface area contributed by atoms with E-state index in [-0.39, 0.29) is 11.8 Å². The van der Waals surface area contributed by atoms with E-state index in [9.17, 15) is 9.90 Å². The first-order valence-electron chi connectivity index (χ1n) is 9.18. The number of thioether (sulfide) groups is 1. The Morgan fingerprint density at radius 2 is 1.81 bits per heavy atom. The van der Waals surface area contributed by atoms with Crippen molar-refractivity contribution in [2.24, 2.45) is 0 Å². The summed E-state index contributed by atoms with van der Waals surface area (Å²) in [4.78, 5) is 13.6. The number of nitrogens with one attached hydrogen (secondary N) is 2. The van der Waals surface area contributed by atoms with Crippen LogP contribution in [-0.4, -0.2) is 16.9 Å². The van der Waals surface area contributed by atoms with Gasteiger partial charge in [-0.1, -0.05) is 31.9 Å². The predicted molar refractivity (Wildman–Crippen MR) is 115 cm³/mol. The normalized spacial score (nSPS) is 10.7. The minimum absolute atomic E-state index is 0.205. The summed E-state index contributed by atoms with van der Waals surface area (Å²) >= 11 is 1.84. The number of carbonyl (C=O) groups is 1. The molecule has 0 aliphatic rings. The highest BCUT2D eigenvalue weighted by atomic mass is 32.2. The van der Waals surface area contributed by atoms with Crippen LogP contribution < -0.4 is 10.6 Å². The number of aromatic hydroxyl groups is 1. The lowest BCUT2D eigenvalue weighted by Gasteiger charge is -2.11. The molecule has 0 atom stereocenters. The van der Waals surface area contributed by atoms with Gasteiger partial charge in [-0.05, 0) is 66.1 Å². The van der Waals surface area contributed by atoms with Crippen molar-refractivity contribution in [1.29, 1.82) is 0 Å². The van der Waals surface area contributed by atoms with E-state index < -0.39 is 0 Å². The van der Waals surface area contributed by atoms with Crippen LogP contribution in [0.15, 0.2) is 65.6 Å². The molecule has 3 rings (SSSR count). The number of unbranched alkanes of at least 4 members (excludes halogenated alkanes) is 2. The van der Waals surface area contributed by atoms with Gasteiger partial charge in [0.25, 0.3) is 0 Å². The molecule has 0 aliphatic heterocycles. The summed E-state index contributed by atoms with van der Waals surface area (Å²) in [6, 6.07) is 18.3. The fraction of sp³-hybridized carbons (Fsp3) is 0.227. The van der Waals surface area contributed by atoms with Crippen LogP contribution in [0.2, 0.25) is 0 Å². The summed E-state index contributed by atoms with van der Waals surface area (Å²) in [6.07, 6.45) is 3.73. The summed E-state index contributed by atoms with van der Waals surface area (Å²) in [6.45, 7) is 2.21. The van der Waals surface area contributed by atoms with Gasteiger partial charge >= 0.3 is 6.03 Å². The van der Waals surface area contributed by atoms with E-state index in [1.165, 1.54) is 24.2 Å². The number of anilines is 2. The molecule has 0 unspecified atom stereocenters. The van der Waals surface area contributed by atoms with Crippen LogP contribution in [0.25, 0.3) is 10.8 Å². The first-order chi connectivity index (χ1) is 13.2. The van der Waals surface area contributed by atoms with Crippen molar-refractivity contribution in [2.45, 2.75) is 31.1 Å². The second-order valence-electron chi connectivity index (χ2n) is 6.37. The van der Waals surface area contributed by atoms with Gasteiger partial charge in [0.05, 0.1) is 5.69 Å². The maximum absolute atomic E-state index is 12.3. The van der Waals surface area contributed by atoms with Crippen LogP contribution in [0.5, 0.6) is 5.75 Å². The largest absolute Gasteiger partial charge is 0.508 e. The fourth-order valence-electron chi connectivity index (χ4n) is 2.84. The minimum atomic E-state index is -0.293. The van der Waals surface area contributed by atoms with Crippen molar-refractivity contribution in [2.75, 3.05) is 16.4 Å². The molecule has 0 bridgehead atoms. The fourth-order valence-corrected chi connectivity index (χ4v) is 3.75. The van der Waals surface area contributed by atoms with Crippen LogP contribution >= 0.6 is 11.8 Å². The molecule has 140 valence electrons. The number of fused-ring (bicyclic) bond motifs is 1. The first-order valence-corrected chi connectivity index (χ1v) is 10.2. The molecule has 0 saturated heterocycles. The van der Waals surface area contributed by atoms with Gasteiger partial charge in [-0.25, -0.2) is 4.79 Å². The Morgan fingerprint density at radius 3 is 2.59 bits per heavy atom. The Morgan fingerprint density at radius 1 is 1.00 bits per heavy atom. The molecule has 5 heteroatoms. The van der Waals surface area contributed by atoms with Gasteiger partial charge in [0.2, 0.25) is 0 Å². The predicted octanol–water partition coefficient (Wildman–Crippen LogP) is 6.47. The lowest BCUT2D eigenvalue weighted by atomic mass is 10.1. The van der Waals surface area contributed by atoms with Gasteiger partial charge in [-0.2, -0.15) is 0 Å². The third kappa shape index (κ3) is 5.41. The van der Waals surface area contributed by atoms with Crippen molar-refractivity contribution in [3.8, 4) is 5.75 Å². The SMILES string of the molecule is CCCCCSc1ccc(NC(=O)Nc2cccc3cc(O)ccc23)cc1. The molecular formula is C22H24N2O2S. The number of rotatable bonds is 7. The highest BCUT2D eigenvalue weighted by Gasteiger charge is 2.07. The molecule has 0 radical (unpaired) electrons. The number of hydrogen-bond donors (Lipinski definition) is 3. The van der Waals surface area contributed by atoms with E-state index in [1.54, 1.807) is 18.2 Å². The molecule has 0 fully saturated rings. The average molecular weight is 381 g/mol. The van der Waals surface area contributed by atoms with E-state index in [4.69, 9.17) is 0 Å². The third-order valence-electron chi connectivity index (χ3n) is 4.24. The second kappa shape index (κ2) is 9.33.